The third-order valence-corrected chi connectivity index (χ3v) is 4.33. The third kappa shape index (κ3) is 4.99. The van der Waals surface area contributed by atoms with Gasteiger partial charge in [0.05, 0.1) is 27.0 Å². The van der Waals surface area contributed by atoms with Gasteiger partial charge in [-0.3, -0.25) is 4.79 Å². The maximum absolute atomic E-state index is 12.8. The highest BCUT2D eigenvalue weighted by atomic mass is 16.5. The molecule has 0 spiro atoms. The molecule has 0 unspecified atom stereocenters. The van der Waals surface area contributed by atoms with Crippen LogP contribution in [0.5, 0.6) is 23.0 Å². The first-order chi connectivity index (χ1) is 14.1. The normalized spacial score (nSPS) is 10.2. The SMILES string of the molecule is COc1ccc(OC)c(NC(=O)c2ccc(OC)c(COc3ccccc3)c2)c1. The van der Waals surface area contributed by atoms with E-state index in [4.69, 9.17) is 18.9 Å². The molecule has 6 heteroatoms. The molecule has 29 heavy (non-hydrogen) atoms. The maximum atomic E-state index is 12.8. The summed E-state index contributed by atoms with van der Waals surface area (Å²) in [4.78, 5) is 12.8. The van der Waals surface area contributed by atoms with Crippen LogP contribution < -0.4 is 24.3 Å². The van der Waals surface area contributed by atoms with E-state index in [9.17, 15) is 4.79 Å². The molecule has 0 fully saturated rings. The molecule has 0 bridgehead atoms. The van der Waals surface area contributed by atoms with Gasteiger partial charge >= 0.3 is 0 Å². The molecule has 1 amide bonds. The Bertz CT molecular complexity index is 972. The Morgan fingerprint density at radius 3 is 2.21 bits per heavy atom. The topological polar surface area (TPSA) is 66.0 Å². The van der Waals surface area contributed by atoms with Crippen molar-refractivity contribution in [3.05, 3.63) is 77.9 Å². The van der Waals surface area contributed by atoms with Gasteiger partial charge in [0.1, 0.15) is 29.6 Å². The van der Waals surface area contributed by atoms with E-state index in [-0.39, 0.29) is 12.5 Å². The van der Waals surface area contributed by atoms with Gasteiger partial charge in [0.2, 0.25) is 0 Å². The number of para-hydroxylation sites is 1. The zero-order valence-electron chi connectivity index (χ0n) is 16.6. The summed E-state index contributed by atoms with van der Waals surface area (Å²) in [6.45, 7) is 0.275. The molecule has 0 aliphatic rings. The molecule has 3 aromatic carbocycles. The van der Waals surface area contributed by atoms with Gasteiger partial charge in [0.25, 0.3) is 5.91 Å². The molecule has 0 heterocycles. The van der Waals surface area contributed by atoms with Gasteiger partial charge in [-0.2, -0.15) is 0 Å². The summed E-state index contributed by atoms with van der Waals surface area (Å²) in [5.41, 5.74) is 1.76. The summed E-state index contributed by atoms with van der Waals surface area (Å²) < 4.78 is 21.8. The van der Waals surface area contributed by atoms with Gasteiger partial charge in [-0.1, -0.05) is 18.2 Å². The minimum Gasteiger partial charge on any atom is -0.497 e. The molecule has 0 aliphatic heterocycles. The first-order valence-electron chi connectivity index (χ1n) is 9.02. The smallest absolute Gasteiger partial charge is 0.255 e. The molecule has 0 saturated heterocycles. The number of ether oxygens (including phenoxy) is 4. The van der Waals surface area contributed by atoms with Gasteiger partial charge in [-0.25, -0.2) is 0 Å². The third-order valence-electron chi connectivity index (χ3n) is 4.33. The van der Waals surface area contributed by atoms with E-state index in [1.807, 2.05) is 30.3 Å². The number of carbonyl (C=O) groups excluding carboxylic acids is 1. The molecular formula is C23H23NO5. The summed E-state index contributed by atoms with van der Waals surface area (Å²) in [6, 6.07) is 19.9. The molecular weight excluding hydrogens is 370 g/mol. The zero-order valence-corrected chi connectivity index (χ0v) is 16.6. The molecule has 0 aliphatic carbocycles. The summed E-state index contributed by atoms with van der Waals surface area (Å²) >= 11 is 0. The molecule has 0 saturated carbocycles. The Hall–Kier alpha value is -3.67. The number of anilines is 1. The van der Waals surface area contributed by atoms with Crippen LogP contribution in [0.3, 0.4) is 0 Å². The lowest BCUT2D eigenvalue weighted by molar-refractivity contribution is 0.102. The van der Waals surface area contributed by atoms with Crippen LogP contribution in [0.2, 0.25) is 0 Å². The predicted octanol–water partition coefficient (Wildman–Crippen LogP) is 4.54. The lowest BCUT2D eigenvalue weighted by atomic mass is 10.1. The maximum Gasteiger partial charge on any atom is 0.255 e. The predicted molar refractivity (Wildman–Crippen MR) is 111 cm³/mol. The van der Waals surface area contributed by atoms with Gasteiger partial charge < -0.3 is 24.3 Å². The minimum atomic E-state index is -0.278. The first-order valence-corrected chi connectivity index (χ1v) is 9.02. The fourth-order valence-electron chi connectivity index (χ4n) is 2.82. The van der Waals surface area contributed by atoms with Crippen LogP contribution in [-0.2, 0) is 6.61 Å². The van der Waals surface area contributed by atoms with Crippen molar-refractivity contribution in [2.75, 3.05) is 26.6 Å². The molecule has 6 nitrogen and oxygen atoms in total. The van der Waals surface area contributed by atoms with Gasteiger partial charge in [-0.15, -0.1) is 0 Å². The zero-order chi connectivity index (χ0) is 20.6. The average Bonchev–Trinajstić information content (AvgIpc) is 2.78. The molecule has 3 rings (SSSR count). The number of methoxy groups -OCH3 is 3. The molecule has 150 valence electrons. The van der Waals surface area contributed by atoms with E-state index >= 15 is 0 Å². The van der Waals surface area contributed by atoms with E-state index in [1.165, 1.54) is 0 Å². The van der Waals surface area contributed by atoms with Crippen LogP contribution in [0.15, 0.2) is 66.7 Å². The van der Waals surface area contributed by atoms with E-state index in [2.05, 4.69) is 5.32 Å². The number of hydrogen-bond donors (Lipinski definition) is 1. The molecule has 1 N–H and O–H groups in total. The number of hydrogen-bond acceptors (Lipinski definition) is 5. The Labute approximate surface area is 170 Å². The number of amides is 1. The van der Waals surface area contributed by atoms with Crippen molar-refractivity contribution in [2.45, 2.75) is 6.61 Å². The standard InChI is InChI=1S/C23H23NO5/c1-26-19-10-12-22(28-3)20(14-19)24-23(25)16-9-11-21(27-2)17(13-16)15-29-18-7-5-4-6-8-18/h4-14H,15H2,1-3H3,(H,24,25). The van der Waals surface area contributed by atoms with E-state index in [1.54, 1.807) is 57.7 Å². The van der Waals surface area contributed by atoms with E-state index in [0.29, 0.717) is 28.5 Å². The fourth-order valence-corrected chi connectivity index (χ4v) is 2.82. The van der Waals surface area contributed by atoms with E-state index in [0.717, 1.165) is 11.3 Å². The highest BCUT2D eigenvalue weighted by Gasteiger charge is 2.14. The van der Waals surface area contributed by atoms with Crippen molar-refractivity contribution in [3.8, 4) is 23.0 Å². The molecule has 3 aromatic rings. The lowest BCUT2D eigenvalue weighted by Gasteiger charge is -2.14. The molecule has 0 radical (unpaired) electrons. The van der Waals surface area contributed by atoms with Crippen molar-refractivity contribution in [1.29, 1.82) is 0 Å². The van der Waals surface area contributed by atoms with Crippen LogP contribution in [0, 0.1) is 0 Å². The summed E-state index contributed by atoms with van der Waals surface area (Å²) in [5, 5.41) is 2.87. The second kappa shape index (κ2) is 9.50. The van der Waals surface area contributed by atoms with Crippen molar-refractivity contribution in [3.63, 3.8) is 0 Å². The quantitative estimate of drug-likeness (QED) is 0.608. The number of rotatable bonds is 8. The average molecular weight is 393 g/mol. The van der Waals surface area contributed by atoms with Crippen molar-refractivity contribution in [2.24, 2.45) is 0 Å². The lowest BCUT2D eigenvalue weighted by Crippen LogP contribution is -2.13. The minimum absolute atomic E-state index is 0.275. The first kappa shape index (κ1) is 20.1. The summed E-state index contributed by atoms with van der Waals surface area (Å²) in [5.74, 6) is 2.27. The van der Waals surface area contributed by atoms with Gasteiger partial charge in [0.15, 0.2) is 0 Å². The van der Waals surface area contributed by atoms with Crippen molar-refractivity contribution >= 4 is 11.6 Å². The van der Waals surface area contributed by atoms with Crippen molar-refractivity contribution in [1.82, 2.24) is 0 Å². The Kier molecular flexibility index (Phi) is 6.58. The number of carbonyl (C=O) groups is 1. The largest absolute Gasteiger partial charge is 0.497 e. The number of benzene rings is 3. The van der Waals surface area contributed by atoms with E-state index < -0.39 is 0 Å². The highest BCUT2D eigenvalue weighted by molar-refractivity contribution is 6.05. The second-order valence-electron chi connectivity index (χ2n) is 6.15. The van der Waals surface area contributed by atoms with Gasteiger partial charge in [-0.05, 0) is 42.5 Å². The molecule has 0 aromatic heterocycles. The van der Waals surface area contributed by atoms with Crippen LogP contribution in [0.1, 0.15) is 15.9 Å². The van der Waals surface area contributed by atoms with Gasteiger partial charge in [0, 0.05) is 17.2 Å². The fraction of sp³-hybridized carbons (Fsp3) is 0.174. The Morgan fingerprint density at radius 2 is 1.52 bits per heavy atom. The van der Waals surface area contributed by atoms with Crippen molar-refractivity contribution < 1.29 is 23.7 Å². The highest BCUT2D eigenvalue weighted by Crippen LogP contribution is 2.30. The summed E-state index contributed by atoms with van der Waals surface area (Å²) in [7, 11) is 4.70. The Morgan fingerprint density at radius 1 is 0.793 bits per heavy atom. The van der Waals surface area contributed by atoms with Crippen LogP contribution in [-0.4, -0.2) is 27.2 Å². The Balaban J connectivity index is 1.80. The second-order valence-corrected chi connectivity index (χ2v) is 6.15. The summed E-state index contributed by atoms with van der Waals surface area (Å²) in [6.07, 6.45) is 0. The van der Waals surface area contributed by atoms with Crippen LogP contribution in [0.4, 0.5) is 5.69 Å². The monoisotopic (exact) mass is 393 g/mol. The molecule has 0 atom stereocenters. The van der Waals surface area contributed by atoms with Crippen LogP contribution >= 0.6 is 0 Å². The van der Waals surface area contributed by atoms with Crippen LogP contribution in [0.25, 0.3) is 0 Å². The number of nitrogens with one attached hydrogen (secondary N) is 1.